The van der Waals surface area contributed by atoms with Crippen LogP contribution < -0.4 is 5.73 Å². The highest BCUT2D eigenvalue weighted by atomic mass is 16.4. The number of imide groups is 1. The number of fused-ring (bicyclic) bond motifs is 1. The molecule has 3 amide bonds. The predicted octanol–water partition coefficient (Wildman–Crippen LogP) is -0.503. The Morgan fingerprint density at radius 3 is 2.45 bits per heavy atom. The van der Waals surface area contributed by atoms with Crippen molar-refractivity contribution in [2.45, 2.75) is 11.8 Å². The third-order valence-corrected chi connectivity index (χ3v) is 3.40. The zero-order chi connectivity index (χ0) is 15.1. The van der Waals surface area contributed by atoms with Crippen LogP contribution in [0.1, 0.15) is 22.3 Å². The fraction of sp³-hybridized carbons (Fsp3) is 0.231. The van der Waals surface area contributed by atoms with Gasteiger partial charge in [0.05, 0.1) is 6.42 Å². The quantitative estimate of drug-likeness (QED) is 0.569. The summed E-state index contributed by atoms with van der Waals surface area (Å²) in [5.41, 5.74) is 3.02. The molecule has 7 heteroatoms. The minimum absolute atomic E-state index is 0.000556. The molecule has 1 aromatic carbocycles. The first-order chi connectivity index (χ1) is 9.32. The van der Waals surface area contributed by atoms with Crippen LogP contribution in [-0.2, 0) is 19.8 Å². The van der Waals surface area contributed by atoms with Gasteiger partial charge in [-0.2, -0.15) is 0 Å². The van der Waals surface area contributed by atoms with Crippen molar-refractivity contribution in [1.82, 2.24) is 4.90 Å². The summed E-state index contributed by atoms with van der Waals surface area (Å²) in [5, 5.41) is 9.49. The maximum atomic E-state index is 12.3. The predicted molar refractivity (Wildman–Crippen MR) is 66.7 cm³/mol. The van der Waals surface area contributed by atoms with E-state index in [0.29, 0.717) is 4.90 Å². The Bertz CT molecular complexity index is 639. The highest BCUT2D eigenvalue weighted by molar-refractivity contribution is 6.21. The number of carbonyl (C=O) groups is 4. The molecule has 0 bridgehead atoms. The van der Waals surface area contributed by atoms with Crippen molar-refractivity contribution in [2.75, 3.05) is 7.05 Å². The summed E-state index contributed by atoms with van der Waals surface area (Å²) < 4.78 is 0. The molecule has 0 saturated carbocycles. The normalized spacial score (nSPS) is 21.6. The van der Waals surface area contributed by atoms with Crippen LogP contribution in [0.5, 0.6) is 0 Å². The molecule has 1 heterocycles. The van der Waals surface area contributed by atoms with Crippen LogP contribution in [0.2, 0.25) is 0 Å². The Hall–Kier alpha value is -2.70. The SMILES string of the molecule is CN1C(=O)c2ccccc2C(CC(N)=O)(C(=O)O)C1=O. The molecular weight excluding hydrogens is 264 g/mol. The summed E-state index contributed by atoms with van der Waals surface area (Å²) in [4.78, 5) is 47.9. The number of primary amides is 1. The van der Waals surface area contributed by atoms with Gasteiger partial charge in [-0.15, -0.1) is 0 Å². The van der Waals surface area contributed by atoms with E-state index < -0.39 is 35.5 Å². The first-order valence-electron chi connectivity index (χ1n) is 5.76. The van der Waals surface area contributed by atoms with Crippen molar-refractivity contribution in [1.29, 1.82) is 0 Å². The number of carboxylic acids is 1. The molecule has 0 fully saturated rings. The van der Waals surface area contributed by atoms with E-state index in [0.717, 1.165) is 0 Å². The number of hydrogen-bond acceptors (Lipinski definition) is 4. The molecule has 0 aromatic heterocycles. The van der Waals surface area contributed by atoms with E-state index in [1.807, 2.05) is 0 Å². The topological polar surface area (TPSA) is 118 Å². The van der Waals surface area contributed by atoms with Crippen LogP contribution >= 0.6 is 0 Å². The van der Waals surface area contributed by atoms with Gasteiger partial charge in [-0.1, -0.05) is 18.2 Å². The average Bonchev–Trinajstić information content (AvgIpc) is 2.40. The van der Waals surface area contributed by atoms with Gasteiger partial charge >= 0.3 is 5.97 Å². The van der Waals surface area contributed by atoms with Gasteiger partial charge in [-0.05, 0) is 11.6 Å². The third kappa shape index (κ3) is 1.67. The molecule has 1 atom stereocenters. The van der Waals surface area contributed by atoms with Crippen molar-refractivity contribution in [3.63, 3.8) is 0 Å². The molecule has 1 unspecified atom stereocenters. The van der Waals surface area contributed by atoms with E-state index in [2.05, 4.69) is 0 Å². The lowest BCUT2D eigenvalue weighted by Crippen LogP contribution is -2.58. The Morgan fingerprint density at radius 1 is 1.30 bits per heavy atom. The Kier molecular flexibility index (Phi) is 3.05. The first-order valence-corrected chi connectivity index (χ1v) is 5.76. The summed E-state index contributed by atoms with van der Waals surface area (Å²) in [6.07, 6.45) is -0.699. The van der Waals surface area contributed by atoms with Crippen molar-refractivity contribution in [2.24, 2.45) is 5.73 Å². The van der Waals surface area contributed by atoms with E-state index in [1.54, 1.807) is 6.07 Å². The van der Waals surface area contributed by atoms with Gasteiger partial charge in [-0.3, -0.25) is 24.1 Å². The van der Waals surface area contributed by atoms with Crippen LogP contribution in [0.15, 0.2) is 24.3 Å². The largest absolute Gasteiger partial charge is 0.480 e. The van der Waals surface area contributed by atoms with E-state index in [1.165, 1.54) is 25.2 Å². The fourth-order valence-electron chi connectivity index (χ4n) is 2.43. The Morgan fingerprint density at radius 2 is 1.90 bits per heavy atom. The number of nitrogens with zero attached hydrogens (tertiary/aromatic N) is 1. The van der Waals surface area contributed by atoms with Crippen LogP contribution in [0.3, 0.4) is 0 Å². The number of carboxylic acid groups (broad SMARTS) is 1. The zero-order valence-electron chi connectivity index (χ0n) is 10.6. The second kappa shape index (κ2) is 4.44. The number of benzene rings is 1. The van der Waals surface area contributed by atoms with Gasteiger partial charge in [0, 0.05) is 12.6 Å². The molecule has 1 aliphatic rings. The van der Waals surface area contributed by atoms with Gasteiger partial charge in [0.1, 0.15) is 0 Å². The fourth-order valence-corrected chi connectivity index (χ4v) is 2.43. The van der Waals surface area contributed by atoms with Gasteiger partial charge in [-0.25, -0.2) is 0 Å². The summed E-state index contributed by atoms with van der Waals surface area (Å²) in [6, 6.07) is 5.83. The Balaban J connectivity index is 2.81. The third-order valence-electron chi connectivity index (χ3n) is 3.40. The van der Waals surface area contributed by atoms with Crippen LogP contribution in [-0.4, -0.2) is 40.7 Å². The molecule has 0 radical (unpaired) electrons. The van der Waals surface area contributed by atoms with Crippen molar-refractivity contribution < 1.29 is 24.3 Å². The Labute approximate surface area is 114 Å². The highest BCUT2D eigenvalue weighted by Crippen LogP contribution is 2.37. The number of hydrogen-bond donors (Lipinski definition) is 2. The lowest BCUT2D eigenvalue weighted by Gasteiger charge is -2.36. The lowest BCUT2D eigenvalue weighted by atomic mass is 9.71. The molecular formula is C13H12N2O5. The maximum Gasteiger partial charge on any atom is 0.324 e. The number of rotatable bonds is 3. The highest BCUT2D eigenvalue weighted by Gasteiger charge is 2.56. The smallest absolute Gasteiger partial charge is 0.324 e. The molecule has 0 spiro atoms. The summed E-state index contributed by atoms with van der Waals surface area (Å²) in [5.74, 6) is -4.01. The van der Waals surface area contributed by atoms with E-state index >= 15 is 0 Å². The van der Waals surface area contributed by atoms with Gasteiger partial charge in [0.15, 0.2) is 5.41 Å². The molecule has 0 aliphatic carbocycles. The second-order valence-electron chi connectivity index (χ2n) is 4.57. The summed E-state index contributed by atoms with van der Waals surface area (Å²) in [7, 11) is 1.18. The number of likely N-dealkylation sites (N-methyl/N-ethyl adjacent to an activating group) is 1. The van der Waals surface area contributed by atoms with E-state index in [9.17, 15) is 24.3 Å². The zero-order valence-corrected chi connectivity index (χ0v) is 10.6. The van der Waals surface area contributed by atoms with E-state index in [-0.39, 0.29) is 11.1 Å². The molecule has 0 saturated heterocycles. The average molecular weight is 276 g/mol. The summed E-state index contributed by atoms with van der Waals surface area (Å²) in [6.45, 7) is 0. The molecule has 1 aromatic rings. The van der Waals surface area contributed by atoms with Gasteiger partial charge in [0.25, 0.3) is 11.8 Å². The van der Waals surface area contributed by atoms with Gasteiger partial charge < -0.3 is 10.8 Å². The minimum Gasteiger partial charge on any atom is -0.480 e. The van der Waals surface area contributed by atoms with Gasteiger partial charge in [0.2, 0.25) is 5.91 Å². The first kappa shape index (κ1) is 13.7. The maximum absolute atomic E-state index is 12.3. The second-order valence-corrected chi connectivity index (χ2v) is 4.57. The van der Waals surface area contributed by atoms with Crippen molar-refractivity contribution >= 4 is 23.7 Å². The van der Waals surface area contributed by atoms with E-state index in [4.69, 9.17) is 5.73 Å². The molecule has 3 N–H and O–H groups in total. The number of carbonyl (C=O) groups excluding carboxylic acids is 3. The van der Waals surface area contributed by atoms with Crippen LogP contribution in [0.4, 0.5) is 0 Å². The number of nitrogens with two attached hydrogens (primary N) is 1. The van der Waals surface area contributed by atoms with Crippen LogP contribution in [0.25, 0.3) is 0 Å². The number of amides is 3. The standard InChI is InChI=1S/C13H12N2O5/c1-15-10(17)7-4-2-3-5-8(7)13(11(15)18,12(19)20)6-9(14)16/h2-5H,6H2,1H3,(H2,14,16)(H,19,20). The summed E-state index contributed by atoms with van der Waals surface area (Å²) >= 11 is 0. The lowest BCUT2D eigenvalue weighted by molar-refractivity contribution is -0.155. The molecule has 2 rings (SSSR count). The molecule has 20 heavy (non-hydrogen) atoms. The molecule has 7 nitrogen and oxygen atoms in total. The number of aliphatic carboxylic acids is 1. The van der Waals surface area contributed by atoms with Crippen molar-refractivity contribution in [3.8, 4) is 0 Å². The minimum atomic E-state index is -2.15. The molecule has 104 valence electrons. The molecule has 1 aliphatic heterocycles. The van der Waals surface area contributed by atoms with Crippen molar-refractivity contribution in [3.05, 3.63) is 35.4 Å². The van der Waals surface area contributed by atoms with Crippen LogP contribution in [0, 0.1) is 0 Å². The monoisotopic (exact) mass is 276 g/mol.